The molecule has 0 saturated carbocycles. The molecule has 35 heavy (non-hydrogen) atoms. The number of nitrogens with one attached hydrogen (secondary N) is 2. The van der Waals surface area contributed by atoms with E-state index in [4.69, 9.17) is 23.2 Å². The number of aromatic amines is 1. The first-order valence-corrected chi connectivity index (χ1v) is 11.4. The maximum atomic E-state index is 12.9. The van der Waals surface area contributed by atoms with Crippen LogP contribution in [-0.2, 0) is 17.8 Å². The molecule has 0 unspecified atom stereocenters. The Morgan fingerprint density at radius 2 is 2.09 bits per heavy atom. The van der Waals surface area contributed by atoms with Gasteiger partial charge >= 0.3 is 0 Å². The number of amides is 1. The second kappa shape index (κ2) is 10.5. The molecule has 0 bridgehead atoms. The van der Waals surface area contributed by atoms with Crippen LogP contribution in [0.1, 0.15) is 23.7 Å². The summed E-state index contributed by atoms with van der Waals surface area (Å²) >= 11 is 12.2. The van der Waals surface area contributed by atoms with Crippen molar-refractivity contribution in [2.24, 2.45) is 4.99 Å². The van der Waals surface area contributed by atoms with Crippen molar-refractivity contribution < 1.29 is 4.79 Å². The lowest BCUT2D eigenvalue weighted by Crippen LogP contribution is -2.24. The van der Waals surface area contributed by atoms with Crippen LogP contribution in [0.5, 0.6) is 0 Å². The van der Waals surface area contributed by atoms with Gasteiger partial charge in [-0.1, -0.05) is 29.3 Å². The Morgan fingerprint density at radius 3 is 2.83 bits per heavy atom. The number of aliphatic imine (C=N–C) groups is 1. The highest BCUT2D eigenvalue weighted by Gasteiger charge is 2.12. The van der Waals surface area contributed by atoms with Crippen LogP contribution in [-0.4, -0.2) is 27.8 Å². The van der Waals surface area contributed by atoms with Crippen LogP contribution in [0.4, 0.5) is 0 Å². The van der Waals surface area contributed by atoms with Crippen molar-refractivity contribution >= 4 is 57.6 Å². The predicted octanol–water partition coefficient (Wildman–Crippen LogP) is 5.68. The summed E-state index contributed by atoms with van der Waals surface area (Å²) in [6.07, 6.45) is 5.26. The standard InChI is InChI=1S/C26H20Cl2N6O/c1-3-16(26(35)32-14-24-22-11-19(27)4-5-23(22)33-34-24)10-21(30-2)8-15-6-17-9-20(28)13-31-25(17)18(7-15)12-29/h3-7,9-11,13H,2,8,14H2,1H3,(H,32,35)(H,33,34)/b16-3+,21-10-. The first-order chi connectivity index (χ1) is 16.9. The third-order valence-corrected chi connectivity index (χ3v) is 5.88. The van der Waals surface area contributed by atoms with Crippen LogP contribution in [0.3, 0.4) is 0 Å². The zero-order valence-electron chi connectivity index (χ0n) is 18.8. The molecule has 4 aromatic rings. The molecule has 0 aliphatic rings. The van der Waals surface area contributed by atoms with Gasteiger partial charge in [0.1, 0.15) is 6.07 Å². The Balaban J connectivity index is 1.53. The van der Waals surface area contributed by atoms with Crippen molar-refractivity contribution in [2.75, 3.05) is 0 Å². The van der Waals surface area contributed by atoms with Crippen LogP contribution >= 0.6 is 23.2 Å². The average molecular weight is 503 g/mol. The van der Waals surface area contributed by atoms with Gasteiger partial charge < -0.3 is 5.32 Å². The van der Waals surface area contributed by atoms with E-state index in [1.165, 1.54) is 6.20 Å². The van der Waals surface area contributed by atoms with Crippen molar-refractivity contribution in [3.63, 3.8) is 0 Å². The maximum absolute atomic E-state index is 12.9. The number of H-pyrrole nitrogens is 1. The second-order valence-electron chi connectivity index (χ2n) is 7.74. The molecule has 0 atom stereocenters. The van der Waals surface area contributed by atoms with Gasteiger partial charge in [-0.25, -0.2) is 0 Å². The highest BCUT2D eigenvalue weighted by Crippen LogP contribution is 2.24. The quantitative estimate of drug-likeness (QED) is 0.192. The molecule has 0 fully saturated rings. The third-order valence-electron chi connectivity index (χ3n) is 5.43. The number of pyridine rings is 1. The fourth-order valence-corrected chi connectivity index (χ4v) is 4.07. The Kier molecular flexibility index (Phi) is 7.25. The molecule has 4 rings (SSSR count). The fraction of sp³-hybridized carbons (Fsp3) is 0.115. The lowest BCUT2D eigenvalue weighted by molar-refractivity contribution is -0.117. The monoisotopic (exact) mass is 502 g/mol. The minimum absolute atomic E-state index is 0.227. The molecule has 0 aliphatic carbocycles. The van der Waals surface area contributed by atoms with E-state index < -0.39 is 0 Å². The molecule has 2 aromatic carbocycles. The van der Waals surface area contributed by atoms with Crippen LogP contribution in [0.2, 0.25) is 10.0 Å². The number of hydrogen-bond donors (Lipinski definition) is 2. The van der Waals surface area contributed by atoms with E-state index in [0.717, 1.165) is 21.9 Å². The van der Waals surface area contributed by atoms with Gasteiger partial charge in [0.15, 0.2) is 0 Å². The SMILES string of the molecule is C=N/C(=C\C(=C/C)C(=O)NCc1n[nH]c2ccc(Cl)cc12)Cc1cc(C#N)c2ncc(Cl)cc2c1. The van der Waals surface area contributed by atoms with Crippen LogP contribution in [0, 0.1) is 11.3 Å². The topological polar surface area (TPSA) is 107 Å². The van der Waals surface area contributed by atoms with Gasteiger partial charge in [0.05, 0.1) is 33.9 Å². The molecule has 2 heterocycles. The van der Waals surface area contributed by atoms with Crippen LogP contribution in [0.25, 0.3) is 21.8 Å². The maximum Gasteiger partial charge on any atom is 0.251 e. The van der Waals surface area contributed by atoms with Crippen molar-refractivity contribution in [1.82, 2.24) is 20.5 Å². The van der Waals surface area contributed by atoms with E-state index in [9.17, 15) is 10.1 Å². The second-order valence-corrected chi connectivity index (χ2v) is 8.61. The summed E-state index contributed by atoms with van der Waals surface area (Å²) < 4.78 is 0. The number of carbonyl (C=O) groups is 1. The first-order valence-electron chi connectivity index (χ1n) is 10.6. The van der Waals surface area contributed by atoms with E-state index in [1.54, 1.807) is 43.3 Å². The predicted molar refractivity (Wildman–Crippen MR) is 140 cm³/mol. The summed E-state index contributed by atoms with van der Waals surface area (Å²) in [7, 11) is 0. The molecule has 0 aliphatic heterocycles. The average Bonchev–Trinajstić information content (AvgIpc) is 3.26. The lowest BCUT2D eigenvalue weighted by atomic mass is 10.0. The van der Waals surface area contributed by atoms with Crippen molar-refractivity contribution in [2.45, 2.75) is 19.9 Å². The van der Waals surface area contributed by atoms with Gasteiger partial charge in [-0.2, -0.15) is 10.4 Å². The van der Waals surface area contributed by atoms with E-state index in [0.29, 0.717) is 44.5 Å². The number of rotatable bonds is 7. The molecule has 0 spiro atoms. The summed E-state index contributed by atoms with van der Waals surface area (Å²) in [4.78, 5) is 21.2. The third kappa shape index (κ3) is 5.40. The molecule has 174 valence electrons. The number of aromatic nitrogens is 3. The smallest absolute Gasteiger partial charge is 0.251 e. The Hall–Kier alpha value is -3.99. The molecular formula is C26H20Cl2N6O. The summed E-state index contributed by atoms with van der Waals surface area (Å²) in [5, 5.41) is 22.3. The number of benzene rings is 2. The van der Waals surface area contributed by atoms with E-state index in [1.807, 2.05) is 12.1 Å². The number of nitrogens with zero attached hydrogens (tertiary/aromatic N) is 4. The van der Waals surface area contributed by atoms with Crippen molar-refractivity contribution in [3.05, 3.63) is 92.9 Å². The normalized spacial score (nSPS) is 12.1. The number of allylic oxidation sites excluding steroid dienone is 2. The van der Waals surface area contributed by atoms with Gasteiger partial charge in [-0.15, -0.1) is 0 Å². The van der Waals surface area contributed by atoms with Gasteiger partial charge in [0, 0.05) is 39.7 Å². The number of fused-ring (bicyclic) bond motifs is 2. The van der Waals surface area contributed by atoms with Crippen LogP contribution in [0.15, 0.2) is 71.0 Å². The van der Waals surface area contributed by atoms with Gasteiger partial charge in [0.25, 0.3) is 5.91 Å². The summed E-state index contributed by atoms with van der Waals surface area (Å²) in [6, 6.07) is 13.0. The lowest BCUT2D eigenvalue weighted by Gasteiger charge is -2.09. The summed E-state index contributed by atoms with van der Waals surface area (Å²) in [5.41, 5.74) is 4.37. The molecule has 2 aromatic heterocycles. The zero-order valence-corrected chi connectivity index (χ0v) is 20.3. The minimum Gasteiger partial charge on any atom is -0.346 e. The van der Waals surface area contributed by atoms with Crippen LogP contribution < -0.4 is 5.32 Å². The minimum atomic E-state index is -0.279. The number of carbonyl (C=O) groups excluding carboxylic acids is 1. The highest BCUT2D eigenvalue weighted by atomic mass is 35.5. The number of halogens is 2. The molecule has 0 saturated heterocycles. The van der Waals surface area contributed by atoms with Gasteiger partial charge in [-0.05, 0) is 61.7 Å². The van der Waals surface area contributed by atoms with Gasteiger partial charge in [-0.3, -0.25) is 19.9 Å². The molecular weight excluding hydrogens is 483 g/mol. The Morgan fingerprint density at radius 1 is 1.26 bits per heavy atom. The van der Waals surface area contributed by atoms with E-state index >= 15 is 0 Å². The molecule has 1 amide bonds. The van der Waals surface area contributed by atoms with Crippen molar-refractivity contribution in [1.29, 1.82) is 5.26 Å². The van der Waals surface area contributed by atoms with Gasteiger partial charge in [0.2, 0.25) is 0 Å². The Labute approximate surface area is 211 Å². The van der Waals surface area contributed by atoms with Crippen molar-refractivity contribution in [3.8, 4) is 6.07 Å². The zero-order chi connectivity index (χ0) is 24.9. The number of hydrogen-bond acceptors (Lipinski definition) is 5. The Bertz CT molecular complexity index is 1560. The highest BCUT2D eigenvalue weighted by molar-refractivity contribution is 6.31. The summed E-state index contributed by atoms with van der Waals surface area (Å²) in [6.45, 7) is 5.65. The number of nitriles is 1. The molecule has 0 radical (unpaired) electrons. The molecule has 9 heteroatoms. The first kappa shape index (κ1) is 24.1. The van der Waals surface area contributed by atoms with E-state index in [2.05, 4.69) is 38.3 Å². The fourth-order valence-electron chi connectivity index (χ4n) is 3.74. The van der Waals surface area contributed by atoms with E-state index in [-0.39, 0.29) is 12.5 Å². The molecule has 7 nitrogen and oxygen atoms in total. The largest absolute Gasteiger partial charge is 0.346 e. The molecule has 2 N–H and O–H groups in total. The summed E-state index contributed by atoms with van der Waals surface area (Å²) in [5.74, 6) is -0.279.